The summed E-state index contributed by atoms with van der Waals surface area (Å²) >= 11 is 0. The average molecular weight is 398 g/mol. The monoisotopic (exact) mass is 398 g/mol. The number of hydrogen-bond donors (Lipinski definition) is 2. The third kappa shape index (κ3) is 5.26. The smallest absolute Gasteiger partial charge is 0.279 e. The normalized spacial score (nSPS) is 13.1. The molecule has 1 aliphatic rings. The number of anilines is 1. The predicted molar refractivity (Wildman–Crippen MR) is 110 cm³/mol. The highest BCUT2D eigenvalue weighted by Gasteiger charge is 2.17. The Morgan fingerprint density at radius 2 is 1.83 bits per heavy atom. The maximum absolute atomic E-state index is 12.5. The van der Waals surface area contributed by atoms with Crippen molar-refractivity contribution in [2.45, 2.75) is 20.4 Å². The molecule has 7 nitrogen and oxygen atoms in total. The molecular formula is C22H28N3O4+. The molecule has 0 bridgehead atoms. The Hall–Kier alpha value is -3.06. The van der Waals surface area contributed by atoms with Crippen molar-refractivity contribution in [3.05, 3.63) is 53.6 Å². The molecule has 1 unspecified atom stereocenters. The largest absolute Gasteiger partial charge is 0.454 e. The van der Waals surface area contributed by atoms with Gasteiger partial charge in [-0.2, -0.15) is 0 Å². The van der Waals surface area contributed by atoms with Crippen molar-refractivity contribution < 1.29 is 24.0 Å². The first-order valence-electron chi connectivity index (χ1n) is 9.89. The molecule has 2 N–H and O–H groups in total. The van der Waals surface area contributed by atoms with E-state index in [4.69, 9.17) is 9.47 Å². The van der Waals surface area contributed by atoms with Crippen LogP contribution in [0.4, 0.5) is 5.69 Å². The molecule has 2 aromatic carbocycles. The lowest BCUT2D eigenvalue weighted by Gasteiger charge is -2.19. The van der Waals surface area contributed by atoms with Crippen LogP contribution in [0.1, 0.15) is 29.8 Å². The maximum Gasteiger partial charge on any atom is 0.279 e. The van der Waals surface area contributed by atoms with Crippen LogP contribution in [0.5, 0.6) is 11.5 Å². The topological polar surface area (TPSA) is 72.3 Å². The van der Waals surface area contributed by atoms with E-state index in [1.54, 1.807) is 29.2 Å². The van der Waals surface area contributed by atoms with Gasteiger partial charge < -0.3 is 24.6 Å². The first-order chi connectivity index (χ1) is 14.0. The van der Waals surface area contributed by atoms with Crippen molar-refractivity contribution in [3.8, 4) is 11.5 Å². The van der Waals surface area contributed by atoms with E-state index in [0.29, 0.717) is 37.4 Å². The number of amides is 2. The van der Waals surface area contributed by atoms with E-state index in [2.05, 4.69) is 5.32 Å². The summed E-state index contributed by atoms with van der Waals surface area (Å²) in [6.45, 7) is 6.45. The van der Waals surface area contributed by atoms with Gasteiger partial charge in [-0.05, 0) is 50.2 Å². The molecule has 0 aliphatic carbocycles. The number of nitrogens with one attached hydrogen (secondary N) is 2. The molecule has 0 saturated heterocycles. The van der Waals surface area contributed by atoms with Crippen LogP contribution in [0.25, 0.3) is 0 Å². The second-order valence-corrected chi connectivity index (χ2v) is 7.10. The van der Waals surface area contributed by atoms with E-state index in [0.717, 1.165) is 22.0 Å². The molecule has 7 heteroatoms. The molecule has 1 atom stereocenters. The Labute approximate surface area is 171 Å². The molecule has 3 rings (SSSR count). The fourth-order valence-electron chi connectivity index (χ4n) is 3.36. The maximum atomic E-state index is 12.5. The van der Waals surface area contributed by atoms with E-state index >= 15 is 0 Å². The molecule has 1 heterocycles. The summed E-state index contributed by atoms with van der Waals surface area (Å²) in [6.07, 6.45) is 0. The van der Waals surface area contributed by atoms with Gasteiger partial charge in [-0.3, -0.25) is 9.59 Å². The fraction of sp³-hybridized carbons (Fsp3) is 0.364. The quantitative estimate of drug-likeness (QED) is 0.708. The summed E-state index contributed by atoms with van der Waals surface area (Å²) in [4.78, 5) is 27.7. The van der Waals surface area contributed by atoms with Crippen molar-refractivity contribution in [1.29, 1.82) is 0 Å². The Bertz CT molecular complexity index is 880. The molecule has 0 saturated carbocycles. The van der Waals surface area contributed by atoms with Crippen LogP contribution in [-0.4, -0.2) is 50.2 Å². The van der Waals surface area contributed by atoms with Gasteiger partial charge in [-0.25, -0.2) is 0 Å². The average Bonchev–Trinajstić information content (AvgIpc) is 3.16. The zero-order chi connectivity index (χ0) is 20.8. The van der Waals surface area contributed by atoms with E-state index in [1.165, 1.54) is 0 Å². The van der Waals surface area contributed by atoms with Gasteiger partial charge >= 0.3 is 0 Å². The minimum Gasteiger partial charge on any atom is -0.454 e. The van der Waals surface area contributed by atoms with Gasteiger partial charge in [0.05, 0.1) is 7.05 Å². The molecule has 0 aromatic heterocycles. The van der Waals surface area contributed by atoms with Gasteiger partial charge in [0.1, 0.15) is 6.54 Å². The third-order valence-electron chi connectivity index (χ3n) is 4.85. The number of carbonyl (C=O) groups is 2. The zero-order valence-electron chi connectivity index (χ0n) is 17.2. The van der Waals surface area contributed by atoms with E-state index in [1.807, 2.05) is 39.1 Å². The number of rotatable bonds is 8. The molecule has 29 heavy (non-hydrogen) atoms. The highest BCUT2D eigenvalue weighted by molar-refractivity contribution is 5.97. The van der Waals surface area contributed by atoms with E-state index in [9.17, 15) is 9.59 Å². The Balaban J connectivity index is 1.56. The zero-order valence-corrected chi connectivity index (χ0v) is 17.2. The Kier molecular flexibility index (Phi) is 6.72. The first-order valence-corrected chi connectivity index (χ1v) is 9.89. The molecule has 0 fully saturated rings. The third-order valence-corrected chi connectivity index (χ3v) is 4.85. The van der Waals surface area contributed by atoms with E-state index < -0.39 is 0 Å². The summed E-state index contributed by atoms with van der Waals surface area (Å²) in [6, 6.07) is 12.9. The molecule has 2 aromatic rings. The lowest BCUT2D eigenvalue weighted by atomic mass is 10.1. The van der Waals surface area contributed by atoms with Gasteiger partial charge in [0, 0.05) is 29.9 Å². The molecule has 0 radical (unpaired) electrons. The summed E-state index contributed by atoms with van der Waals surface area (Å²) in [5, 5.41) is 2.90. The van der Waals surface area contributed by atoms with Crippen molar-refractivity contribution in [2.75, 3.05) is 38.8 Å². The molecule has 2 amide bonds. The van der Waals surface area contributed by atoms with Gasteiger partial charge in [0.15, 0.2) is 18.0 Å². The van der Waals surface area contributed by atoms with E-state index in [-0.39, 0.29) is 18.6 Å². The number of likely N-dealkylation sites (N-methyl/N-ethyl adjacent to an activating group) is 1. The van der Waals surface area contributed by atoms with Gasteiger partial charge in [-0.1, -0.05) is 6.07 Å². The second-order valence-electron chi connectivity index (χ2n) is 7.10. The van der Waals surface area contributed by atoms with Crippen LogP contribution >= 0.6 is 0 Å². The summed E-state index contributed by atoms with van der Waals surface area (Å²) < 4.78 is 10.7. The van der Waals surface area contributed by atoms with Crippen LogP contribution in [0.3, 0.4) is 0 Å². The second kappa shape index (κ2) is 9.43. The summed E-state index contributed by atoms with van der Waals surface area (Å²) in [5.74, 6) is 1.37. The van der Waals surface area contributed by atoms with Crippen LogP contribution in [0.2, 0.25) is 0 Å². The van der Waals surface area contributed by atoms with Crippen LogP contribution in [0.15, 0.2) is 42.5 Å². The van der Waals surface area contributed by atoms with Crippen LogP contribution in [-0.2, 0) is 11.3 Å². The number of nitrogens with zero attached hydrogens (tertiary/aromatic N) is 1. The molecular weight excluding hydrogens is 370 g/mol. The number of ether oxygens (including phenoxy) is 2. The van der Waals surface area contributed by atoms with Crippen LogP contribution < -0.4 is 19.7 Å². The van der Waals surface area contributed by atoms with Crippen LogP contribution in [0, 0.1) is 0 Å². The highest BCUT2D eigenvalue weighted by atomic mass is 16.7. The fourth-order valence-corrected chi connectivity index (χ4v) is 3.36. The number of fused-ring (bicyclic) bond motifs is 1. The molecule has 154 valence electrons. The molecule has 0 spiro atoms. The summed E-state index contributed by atoms with van der Waals surface area (Å²) in [5.41, 5.74) is 2.28. The minimum absolute atomic E-state index is 0.0309. The standard InChI is InChI=1S/C22H27N3O4/c1-4-25(5-2)22(27)17-7-6-8-18(12-17)23-21(26)14-24(3)13-16-9-10-19-20(11-16)29-15-28-19/h6-12H,4-5,13-15H2,1-3H3,(H,23,26)/p+1. The van der Waals surface area contributed by atoms with Gasteiger partial charge in [0.25, 0.3) is 11.8 Å². The Morgan fingerprint density at radius 3 is 2.59 bits per heavy atom. The number of carbonyl (C=O) groups excluding carboxylic acids is 2. The number of quaternary nitrogens is 1. The minimum atomic E-state index is -0.101. The first kappa shape index (κ1) is 20.7. The van der Waals surface area contributed by atoms with Crippen molar-refractivity contribution >= 4 is 17.5 Å². The number of benzene rings is 2. The molecule has 1 aliphatic heterocycles. The lowest BCUT2D eigenvalue weighted by molar-refractivity contribution is -0.885. The van der Waals surface area contributed by atoms with Gasteiger partial charge in [-0.15, -0.1) is 0 Å². The van der Waals surface area contributed by atoms with Crippen molar-refractivity contribution in [1.82, 2.24) is 4.90 Å². The Morgan fingerprint density at radius 1 is 1.07 bits per heavy atom. The lowest BCUT2D eigenvalue weighted by Crippen LogP contribution is -3.08. The predicted octanol–water partition coefficient (Wildman–Crippen LogP) is 1.55. The highest BCUT2D eigenvalue weighted by Crippen LogP contribution is 2.32. The van der Waals surface area contributed by atoms with Crippen molar-refractivity contribution in [3.63, 3.8) is 0 Å². The number of hydrogen-bond acceptors (Lipinski definition) is 4. The SMILES string of the molecule is CCN(CC)C(=O)c1cccc(NC(=O)C[NH+](C)Cc2ccc3c(c2)OCO3)c1. The van der Waals surface area contributed by atoms with Crippen molar-refractivity contribution in [2.24, 2.45) is 0 Å². The summed E-state index contributed by atoms with van der Waals surface area (Å²) in [7, 11) is 1.96. The van der Waals surface area contributed by atoms with Gasteiger partial charge in [0.2, 0.25) is 6.79 Å².